The highest BCUT2D eigenvalue weighted by Crippen LogP contribution is 2.25. The molecule has 1 aliphatic heterocycles. The summed E-state index contributed by atoms with van der Waals surface area (Å²) in [5.41, 5.74) is 5.65. The largest absolute Gasteiger partial charge is 0.330 e. The molecule has 1 unspecified atom stereocenters. The zero-order chi connectivity index (χ0) is 9.97. The Hall–Kier alpha value is -0.0900. The van der Waals surface area contributed by atoms with Gasteiger partial charge in [-0.15, -0.1) is 11.3 Å². The average Bonchev–Trinajstić information content (AvgIpc) is 2.76. The van der Waals surface area contributed by atoms with Gasteiger partial charge in [0.15, 0.2) is 0 Å². The summed E-state index contributed by atoms with van der Waals surface area (Å²) in [6.45, 7) is 4.18. The molecule has 4 heteroatoms. The molecule has 78 valence electrons. The third-order valence-electron chi connectivity index (χ3n) is 2.71. The first-order chi connectivity index (χ1) is 6.78. The number of likely N-dealkylation sites (tertiary alicyclic amines) is 1. The molecule has 0 aromatic carbocycles. The van der Waals surface area contributed by atoms with E-state index >= 15 is 0 Å². The number of nitrogens with zero attached hydrogens (tertiary/aromatic N) is 1. The summed E-state index contributed by atoms with van der Waals surface area (Å²) in [6.07, 6.45) is 1.25. The minimum Gasteiger partial charge on any atom is -0.330 e. The molecule has 2 N–H and O–H groups in total. The van der Waals surface area contributed by atoms with E-state index in [-0.39, 0.29) is 0 Å². The van der Waals surface area contributed by atoms with Crippen molar-refractivity contribution in [2.75, 3.05) is 19.6 Å². The van der Waals surface area contributed by atoms with Gasteiger partial charge in [0.1, 0.15) is 0 Å². The zero-order valence-electron chi connectivity index (χ0n) is 8.08. The van der Waals surface area contributed by atoms with Crippen LogP contribution < -0.4 is 5.73 Å². The molecule has 0 aliphatic carbocycles. The number of hydrogen-bond acceptors (Lipinski definition) is 3. The summed E-state index contributed by atoms with van der Waals surface area (Å²) < 4.78 is 0.884. The Kier molecular flexibility index (Phi) is 3.44. The van der Waals surface area contributed by atoms with Gasteiger partial charge in [0, 0.05) is 18.0 Å². The predicted octanol–water partition coefficient (Wildman–Crippen LogP) is 2.18. The van der Waals surface area contributed by atoms with Gasteiger partial charge in [-0.05, 0) is 37.6 Å². The van der Waals surface area contributed by atoms with Crippen molar-refractivity contribution in [3.05, 3.63) is 21.3 Å². The van der Waals surface area contributed by atoms with Gasteiger partial charge in [-0.2, -0.15) is 0 Å². The maximum Gasteiger partial charge on any atom is 0.0931 e. The van der Waals surface area contributed by atoms with Crippen molar-refractivity contribution in [3.63, 3.8) is 0 Å². The van der Waals surface area contributed by atoms with Gasteiger partial charge in [-0.1, -0.05) is 11.6 Å². The lowest BCUT2D eigenvalue weighted by Gasteiger charge is -2.13. The molecule has 0 radical (unpaired) electrons. The highest BCUT2D eigenvalue weighted by atomic mass is 35.5. The maximum atomic E-state index is 5.88. The highest BCUT2D eigenvalue weighted by Gasteiger charge is 2.21. The van der Waals surface area contributed by atoms with Crippen molar-refractivity contribution in [3.8, 4) is 0 Å². The van der Waals surface area contributed by atoms with Crippen molar-refractivity contribution >= 4 is 22.9 Å². The zero-order valence-corrected chi connectivity index (χ0v) is 9.65. The summed E-state index contributed by atoms with van der Waals surface area (Å²) in [6, 6.07) is 4.08. The molecule has 1 saturated heterocycles. The maximum absolute atomic E-state index is 5.88. The number of halogens is 1. The van der Waals surface area contributed by atoms with Crippen LogP contribution in [0.2, 0.25) is 4.34 Å². The van der Waals surface area contributed by atoms with Crippen molar-refractivity contribution in [1.82, 2.24) is 4.90 Å². The van der Waals surface area contributed by atoms with Crippen LogP contribution >= 0.6 is 22.9 Å². The highest BCUT2D eigenvalue weighted by molar-refractivity contribution is 7.16. The molecule has 1 atom stereocenters. The summed E-state index contributed by atoms with van der Waals surface area (Å²) in [5, 5.41) is 0. The number of thiophene rings is 1. The fourth-order valence-corrected chi connectivity index (χ4v) is 3.04. The standard InChI is InChI=1S/C10H15ClN2S/c11-10-2-1-9(14-10)7-13-4-3-8(5-12)6-13/h1-2,8H,3-7,12H2. The number of nitrogens with two attached hydrogens (primary N) is 1. The van der Waals surface area contributed by atoms with E-state index in [0.29, 0.717) is 5.92 Å². The molecule has 0 bridgehead atoms. The molecule has 0 amide bonds. The van der Waals surface area contributed by atoms with E-state index in [4.69, 9.17) is 17.3 Å². The van der Waals surface area contributed by atoms with Crippen LogP contribution in [-0.4, -0.2) is 24.5 Å². The van der Waals surface area contributed by atoms with E-state index in [1.54, 1.807) is 11.3 Å². The van der Waals surface area contributed by atoms with E-state index in [2.05, 4.69) is 11.0 Å². The predicted molar refractivity (Wildman–Crippen MR) is 61.8 cm³/mol. The van der Waals surface area contributed by atoms with Gasteiger partial charge in [0.25, 0.3) is 0 Å². The lowest BCUT2D eigenvalue weighted by molar-refractivity contribution is 0.320. The van der Waals surface area contributed by atoms with Crippen LogP contribution in [0, 0.1) is 5.92 Å². The van der Waals surface area contributed by atoms with E-state index in [0.717, 1.165) is 24.0 Å². The number of hydrogen-bond donors (Lipinski definition) is 1. The van der Waals surface area contributed by atoms with Gasteiger partial charge in [0.2, 0.25) is 0 Å². The SMILES string of the molecule is NCC1CCN(Cc2ccc(Cl)s2)C1. The Balaban J connectivity index is 1.87. The second-order valence-electron chi connectivity index (χ2n) is 3.83. The van der Waals surface area contributed by atoms with E-state index in [1.165, 1.54) is 17.8 Å². The van der Waals surface area contributed by atoms with Gasteiger partial charge < -0.3 is 5.73 Å². The van der Waals surface area contributed by atoms with Crippen molar-refractivity contribution in [2.45, 2.75) is 13.0 Å². The smallest absolute Gasteiger partial charge is 0.0931 e. The first kappa shape index (κ1) is 10.4. The minimum atomic E-state index is 0.699. The Morgan fingerprint density at radius 2 is 2.43 bits per heavy atom. The van der Waals surface area contributed by atoms with Gasteiger partial charge >= 0.3 is 0 Å². The Morgan fingerprint density at radius 1 is 1.57 bits per heavy atom. The Bertz CT molecular complexity index is 300. The van der Waals surface area contributed by atoms with Crippen LogP contribution in [0.5, 0.6) is 0 Å². The second-order valence-corrected chi connectivity index (χ2v) is 5.63. The molecule has 1 fully saturated rings. The molecular formula is C10H15ClN2S. The average molecular weight is 231 g/mol. The van der Waals surface area contributed by atoms with Crippen LogP contribution in [0.15, 0.2) is 12.1 Å². The van der Waals surface area contributed by atoms with E-state index in [1.807, 2.05) is 6.07 Å². The normalized spacial score (nSPS) is 23.1. The molecule has 2 heterocycles. The Morgan fingerprint density at radius 3 is 3.00 bits per heavy atom. The first-order valence-electron chi connectivity index (χ1n) is 4.94. The quantitative estimate of drug-likeness (QED) is 0.863. The first-order valence-corrected chi connectivity index (χ1v) is 6.14. The molecule has 1 aromatic rings. The van der Waals surface area contributed by atoms with E-state index < -0.39 is 0 Å². The lowest BCUT2D eigenvalue weighted by Crippen LogP contribution is -2.22. The summed E-state index contributed by atoms with van der Waals surface area (Å²) in [5.74, 6) is 0.699. The minimum absolute atomic E-state index is 0.699. The molecule has 1 aliphatic rings. The molecular weight excluding hydrogens is 216 g/mol. The van der Waals surface area contributed by atoms with Gasteiger partial charge in [0.05, 0.1) is 4.34 Å². The molecule has 14 heavy (non-hydrogen) atoms. The van der Waals surface area contributed by atoms with Crippen LogP contribution in [0.1, 0.15) is 11.3 Å². The molecule has 2 rings (SSSR count). The third kappa shape index (κ3) is 2.48. The van der Waals surface area contributed by atoms with Crippen LogP contribution in [0.25, 0.3) is 0 Å². The fourth-order valence-electron chi connectivity index (χ4n) is 1.91. The van der Waals surface area contributed by atoms with Gasteiger partial charge in [-0.3, -0.25) is 4.90 Å². The van der Waals surface area contributed by atoms with E-state index in [9.17, 15) is 0 Å². The van der Waals surface area contributed by atoms with Crippen LogP contribution in [0.3, 0.4) is 0 Å². The molecule has 0 saturated carbocycles. The molecule has 2 nitrogen and oxygen atoms in total. The van der Waals surface area contributed by atoms with Gasteiger partial charge in [-0.25, -0.2) is 0 Å². The van der Waals surface area contributed by atoms with Crippen LogP contribution in [-0.2, 0) is 6.54 Å². The van der Waals surface area contributed by atoms with Crippen LogP contribution in [0.4, 0.5) is 0 Å². The second kappa shape index (κ2) is 4.62. The van der Waals surface area contributed by atoms with Crippen molar-refractivity contribution < 1.29 is 0 Å². The topological polar surface area (TPSA) is 29.3 Å². The summed E-state index contributed by atoms with van der Waals surface area (Å²) >= 11 is 7.56. The lowest BCUT2D eigenvalue weighted by atomic mass is 10.1. The fraction of sp³-hybridized carbons (Fsp3) is 0.600. The van der Waals surface area contributed by atoms with Crippen molar-refractivity contribution in [1.29, 1.82) is 0 Å². The number of rotatable bonds is 3. The molecule has 1 aromatic heterocycles. The summed E-state index contributed by atoms with van der Waals surface area (Å²) in [4.78, 5) is 3.81. The van der Waals surface area contributed by atoms with Crippen molar-refractivity contribution in [2.24, 2.45) is 11.7 Å². The Labute approximate surface area is 93.7 Å². The summed E-state index contributed by atoms with van der Waals surface area (Å²) in [7, 11) is 0. The third-order valence-corrected chi connectivity index (χ3v) is 3.93. The molecule has 0 spiro atoms. The monoisotopic (exact) mass is 230 g/mol.